The van der Waals surface area contributed by atoms with Crippen molar-refractivity contribution in [2.24, 2.45) is 0 Å². The molecular weight excluding hydrogens is 356 g/mol. The number of nitrogens with zero attached hydrogens (tertiary/aromatic N) is 4. The van der Waals surface area contributed by atoms with E-state index in [0.717, 1.165) is 51.3 Å². The van der Waals surface area contributed by atoms with Crippen molar-refractivity contribution >= 4 is 23.1 Å². The molecule has 0 fully saturated rings. The summed E-state index contributed by atoms with van der Waals surface area (Å²) in [7, 11) is 0. The molecule has 0 atom stereocenters. The van der Waals surface area contributed by atoms with Gasteiger partial charge < -0.3 is 8.83 Å². The van der Waals surface area contributed by atoms with E-state index in [1.165, 1.54) is 0 Å². The Hall–Kier alpha value is -2.32. The van der Waals surface area contributed by atoms with Crippen molar-refractivity contribution in [1.82, 2.24) is 19.7 Å². The minimum Gasteiger partial charge on any atom is -0.461 e. The highest BCUT2D eigenvalue weighted by Gasteiger charge is 2.16. The second-order valence-corrected chi connectivity index (χ2v) is 7.17. The molecule has 0 aromatic carbocycles. The molecule has 0 aliphatic heterocycles. The monoisotopic (exact) mass is 372 g/mol. The van der Waals surface area contributed by atoms with Crippen LogP contribution < -0.4 is 0 Å². The van der Waals surface area contributed by atoms with Crippen molar-refractivity contribution in [2.75, 3.05) is 0 Å². The van der Waals surface area contributed by atoms with Gasteiger partial charge in [-0.15, -0.1) is 21.5 Å². The quantitative estimate of drug-likeness (QED) is 0.450. The summed E-state index contributed by atoms with van der Waals surface area (Å²) >= 11 is 3.21. The first-order valence-corrected chi connectivity index (χ1v) is 9.72. The van der Waals surface area contributed by atoms with Crippen LogP contribution in [0.5, 0.6) is 0 Å². The predicted molar refractivity (Wildman–Crippen MR) is 97.5 cm³/mol. The van der Waals surface area contributed by atoms with E-state index >= 15 is 0 Å². The molecular formula is C17H16N4O2S2. The molecule has 0 radical (unpaired) electrons. The minimum absolute atomic E-state index is 0.727. The van der Waals surface area contributed by atoms with Crippen LogP contribution in [0, 0.1) is 6.92 Å². The molecule has 0 amide bonds. The van der Waals surface area contributed by atoms with Gasteiger partial charge in [0.2, 0.25) is 0 Å². The van der Waals surface area contributed by atoms with Crippen LogP contribution in [-0.4, -0.2) is 19.7 Å². The van der Waals surface area contributed by atoms with Crippen LogP contribution >= 0.6 is 23.1 Å². The second kappa shape index (κ2) is 6.89. The number of rotatable bonds is 6. The summed E-state index contributed by atoms with van der Waals surface area (Å²) < 4.78 is 13.1. The highest BCUT2D eigenvalue weighted by atomic mass is 32.2. The number of aromatic nitrogens is 4. The van der Waals surface area contributed by atoms with Crippen molar-refractivity contribution in [1.29, 1.82) is 0 Å². The van der Waals surface area contributed by atoms with E-state index in [2.05, 4.69) is 27.5 Å². The Morgan fingerprint density at radius 3 is 2.84 bits per heavy atom. The molecule has 4 aromatic rings. The number of aryl methyl sites for hydroxylation is 1. The molecule has 4 rings (SSSR count). The van der Waals surface area contributed by atoms with Crippen LogP contribution in [0.3, 0.4) is 0 Å². The molecule has 4 aromatic heterocycles. The molecule has 0 bridgehead atoms. The first-order valence-electron chi connectivity index (χ1n) is 7.85. The van der Waals surface area contributed by atoms with Gasteiger partial charge in [0.15, 0.2) is 27.5 Å². The highest BCUT2D eigenvalue weighted by Crippen LogP contribution is 2.30. The third-order valence-electron chi connectivity index (χ3n) is 3.63. The summed E-state index contributed by atoms with van der Waals surface area (Å²) in [4.78, 5) is 4.65. The van der Waals surface area contributed by atoms with Gasteiger partial charge >= 0.3 is 0 Å². The lowest BCUT2D eigenvalue weighted by Gasteiger charge is -2.04. The van der Waals surface area contributed by atoms with Gasteiger partial charge in [-0.05, 0) is 38.1 Å². The number of thioether (sulfide) groups is 1. The molecule has 0 spiro atoms. The van der Waals surface area contributed by atoms with E-state index in [9.17, 15) is 0 Å². The van der Waals surface area contributed by atoms with E-state index in [0.29, 0.717) is 0 Å². The average Bonchev–Trinajstić information content (AvgIpc) is 3.38. The van der Waals surface area contributed by atoms with Crippen molar-refractivity contribution < 1.29 is 8.83 Å². The van der Waals surface area contributed by atoms with Crippen LogP contribution in [0.1, 0.15) is 18.4 Å². The zero-order valence-corrected chi connectivity index (χ0v) is 15.4. The maximum absolute atomic E-state index is 5.63. The molecule has 0 saturated heterocycles. The number of hydrogen-bond donors (Lipinski definition) is 0. The fourth-order valence-corrected chi connectivity index (χ4v) is 4.22. The van der Waals surface area contributed by atoms with Gasteiger partial charge in [0.05, 0.1) is 12.0 Å². The lowest BCUT2D eigenvalue weighted by atomic mass is 10.4. The topological polar surface area (TPSA) is 69.9 Å². The Morgan fingerprint density at radius 1 is 1.20 bits per heavy atom. The molecule has 0 aliphatic rings. The standard InChI is InChI=1S/C17H16N4O2S2/c1-3-21-15(13-5-4-8-22-13)19-20-17(21)25-10-12-9-24-16(18-12)14-7-6-11(2)23-14/h4-9H,3,10H2,1-2H3. The SMILES string of the molecule is CCn1c(SCc2csc(-c3ccc(C)o3)n2)nnc1-c1ccco1. The molecule has 6 nitrogen and oxygen atoms in total. The summed E-state index contributed by atoms with van der Waals surface area (Å²) in [6.45, 7) is 4.78. The number of hydrogen-bond acceptors (Lipinski definition) is 7. The summed E-state index contributed by atoms with van der Waals surface area (Å²) in [5.41, 5.74) is 1.00. The zero-order valence-electron chi connectivity index (χ0n) is 13.8. The molecule has 128 valence electrons. The van der Waals surface area contributed by atoms with Crippen molar-refractivity contribution in [3.05, 3.63) is 47.4 Å². The number of furan rings is 2. The van der Waals surface area contributed by atoms with E-state index in [1.807, 2.05) is 35.8 Å². The molecule has 4 heterocycles. The summed E-state index contributed by atoms with van der Waals surface area (Å²) in [6.07, 6.45) is 1.64. The Kier molecular flexibility index (Phi) is 4.46. The summed E-state index contributed by atoms with van der Waals surface area (Å²) in [5, 5.41) is 12.4. The molecule has 0 aliphatic carbocycles. The first-order chi connectivity index (χ1) is 12.2. The molecule has 0 N–H and O–H groups in total. The zero-order chi connectivity index (χ0) is 17.2. The van der Waals surface area contributed by atoms with E-state index in [4.69, 9.17) is 8.83 Å². The summed E-state index contributed by atoms with van der Waals surface area (Å²) in [5.74, 6) is 3.91. The molecule has 8 heteroatoms. The first kappa shape index (κ1) is 16.2. The Bertz CT molecular complexity index is 969. The van der Waals surface area contributed by atoms with E-state index in [-0.39, 0.29) is 0 Å². The maximum atomic E-state index is 5.63. The van der Waals surface area contributed by atoms with Gasteiger partial charge in [-0.2, -0.15) is 0 Å². The Morgan fingerprint density at radius 2 is 2.12 bits per heavy atom. The van der Waals surface area contributed by atoms with Crippen molar-refractivity contribution in [3.63, 3.8) is 0 Å². The molecule has 0 unspecified atom stereocenters. The lowest BCUT2D eigenvalue weighted by molar-refractivity contribution is 0.548. The van der Waals surface area contributed by atoms with Crippen LogP contribution in [0.25, 0.3) is 22.4 Å². The fourth-order valence-electron chi connectivity index (χ4n) is 2.44. The fraction of sp³-hybridized carbons (Fsp3) is 0.235. The third kappa shape index (κ3) is 3.27. The van der Waals surface area contributed by atoms with Gasteiger partial charge in [0.25, 0.3) is 0 Å². The second-order valence-electron chi connectivity index (χ2n) is 5.37. The van der Waals surface area contributed by atoms with E-state index < -0.39 is 0 Å². The van der Waals surface area contributed by atoms with Crippen molar-refractivity contribution in [2.45, 2.75) is 31.3 Å². The molecule has 25 heavy (non-hydrogen) atoms. The van der Waals surface area contributed by atoms with Crippen LogP contribution in [0.2, 0.25) is 0 Å². The normalized spacial score (nSPS) is 11.3. The van der Waals surface area contributed by atoms with Crippen LogP contribution in [0.15, 0.2) is 49.9 Å². The highest BCUT2D eigenvalue weighted by molar-refractivity contribution is 7.98. The Labute approximate surface area is 152 Å². The van der Waals surface area contributed by atoms with Crippen molar-refractivity contribution in [3.8, 4) is 22.4 Å². The van der Waals surface area contributed by atoms with Crippen LogP contribution in [0.4, 0.5) is 0 Å². The van der Waals surface area contributed by atoms with Gasteiger partial charge in [-0.3, -0.25) is 4.57 Å². The smallest absolute Gasteiger partial charge is 0.200 e. The summed E-state index contributed by atoms with van der Waals surface area (Å²) in [6, 6.07) is 7.64. The lowest BCUT2D eigenvalue weighted by Crippen LogP contribution is -1.99. The van der Waals surface area contributed by atoms with E-state index in [1.54, 1.807) is 29.4 Å². The van der Waals surface area contributed by atoms with Gasteiger partial charge in [0.1, 0.15) is 5.76 Å². The predicted octanol–water partition coefficient (Wildman–Crippen LogP) is 4.88. The van der Waals surface area contributed by atoms with Gasteiger partial charge in [-0.1, -0.05) is 11.8 Å². The largest absolute Gasteiger partial charge is 0.461 e. The average molecular weight is 372 g/mol. The van der Waals surface area contributed by atoms with Crippen LogP contribution in [-0.2, 0) is 12.3 Å². The molecule has 0 saturated carbocycles. The third-order valence-corrected chi connectivity index (χ3v) is 5.53. The van der Waals surface area contributed by atoms with Gasteiger partial charge in [-0.25, -0.2) is 4.98 Å². The van der Waals surface area contributed by atoms with Gasteiger partial charge in [0, 0.05) is 17.7 Å². The number of thiazole rings is 1. The Balaban J connectivity index is 1.49. The minimum atomic E-state index is 0.727. The maximum Gasteiger partial charge on any atom is 0.200 e.